The van der Waals surface area contributed by atoms with Crippen molar-refractivity contribution >= 4 is 11.8 Å². The first-order valence-corrected chi connectivity index (χ1v) is 7.64. The number of halogens is 2. The minimum atomic E-state index is -2.33. The number of anilines is 1. The van der Waals surface area contributed by atoms with Gasteiger partial charge in [-0.2, -0.15) is 0 Å². The van der Waals surface area contributed by atoms with E-state index in [4.69, 9.17) is 0 Å². The largest absolute Gasteiger partial charge is 0.334 e. The summed E-state index contributed by atoms with van der Waals surface area (Å²) in [5, 5.41) is 5.54. The van der Waals surface area contributed by atoms with Gasteiger partial charge in [-0.25, -0.2) is 18.6 Å². The van der Waals surface area contributed by atoms with Crippen LogP contribution in [0.25, 0.3) is 0 Å². The minimum absolute atomic E-state index is 0.0923. The zero-order chi connectivity index (χ0) is 15.5. The Hall–Kier alpha value is -1.76. The van der Waals surface area contributed by atoms with E-state index >= 15 is 0 Å². The molecule has 2 fully saturated rings. The van der Waals surface area contributed by atoms with E-state index in [1.54, 1.807) is 11.1 Å². The lowest BCUT2D eigenvalue weighted by molar-refractivity contribution is 0.0988. The first-order valence-electron chi connectivity index (χ1n) is 7.64. The molecule has 1 aliphatic heterocycles. The van der Waals surface area contributed by atoms with E-state index in [1.165, 1.54) is 18.4 Å². The number of nitrogens with zero attached hydrogens (tertiary/aromatic N) is 2. The number of aromatic nitrogens is 1. The summed E-state index contributed by atoms with van der Waals surface area (Å²) in [5.74, 6) is 1.13. The second-order valence-electron chi connectivity index (χ2n) is 5.98. The Morgan fingerprint density at radius 1 is 1.41 bits per heavy atom. The van der Waals surface area contributed by atoms with Crippen molar-refractivity contribution < 1.29 is 13.6 Å². The van der Waals surface area contributed by atoms with Gasteiger partial charge in [0, 0.05) is 25.3 Å². The van der Waals surface area contributed by atoms with Crippen LogP contribution in [0, 0.1) is 0 Å². The van der Waals surface area contributed by atoms with Crippen LogP contribution in [0.1, 0.15) is 30.7 Å². The van der Waals surface area contributed by atoms with Gasteiger partial charge in [-0.15, -0.1) is 0 Å². The molecule has 2 heterocycles. The van der Waals surface area contributed by atoms with Crippen molar-refractivity contribution in [3.05, 3.63) is 23.9 Å². The standard InChI is InChI=1S/C15H20F2N4O/c16-13(17)9-21-6-4-12(8-21)19-15(22)20-14-7-11(3-5-18-14)10-1-2-10/h3,5,7,10,12-13H,1-2,4,6,8-9H2,(H2,18,19,20,22). The molecule has 120 valence electrons. The van der Waals surface area contributed by atoms with Crippen LogP contribution in [0.2, 0.25) is 0 Å². The van der Waals surface area contributed by atoms with Crippen LogP contribution >= 0.6 is 0 Å². The van der Waals surface area contributed by atoms with E-state index in [2.05, 4.69) is 15.6 Å². The van der Waals surface area contributed by atoms with E-state index in [-0.39, 0.29) is 18.6 Å². The molecule has 1 unspecified atom stereocenters. The number of hydrogen-bond donors (Lipinski definition) is 2. The first kappa shape index (κ1) is 15.1. The summed E-state index contributed by atoms with van der Waals surface area (Å²) in [7, 11) is 0. The number of nitrogens with one attached hydrogen (secondary N) is 2. The van der Waals surface area contributed by atoms with Gasteiger partial charge in [-0.05, 0) is 42.9 Å². The molecule has 1 aromatic rings. The molecule has 5 nitrogen and oxygen atoms in total. The summed E-state index contributed by atoms with van der Waals surface area (Å²) in [6.07, 6.45) is 2.44. The highest BCUT2D eigenvalue weighted by Gasteiger charge is 2.26. The Bertz CT molecular complexity index is 536. The third-order valence-corrected chi connectivity index (χ3v) is 4.08. The lowest BCUT2D eigenvalue weighted by Crippen LogP contribution is -2.40. The second-order valence-corrected chi connectivity index (χ2v) is 5.98. The van der Waals surface area contributed by atoms with Crippen LogP contribution in [0.15, 0.2) is 18.3 Å². The van der Waals surface area contributed by atoms with Crippen molar-refractivity contribution in [1.82, 2.24) is 15.2 Å². The maximum absolute atomic E-state index is 12.3. The van der Waals surface area contributed by atoms with Gasteiger partial charge in [0.05, 0.1) is 6.54 Å². The highest BCUT2D eigenvalue weighted by Crippen LogP contribution is 2.40. The average molecular weight is 310 g/mol. The molecule has 2 N–H and O–H groups in total. The highest BCUT2D eigenvalue weighted by atomic mass is 19.3. The summed E-state index contributed by atoms with van der Waals surface area (Å²) in [6, 6.07) is 3.45. The van der Waals surface area contributed by atoms with Gasteiger partial charge in [0.2, 0.25) is 0 Å². The van der Waals surface area contributed by atoms with Crippen LogP contribution in [-0.4, -0.2) is 48.0 Å². The molecule has 1 aliphatic carbocycles. The quantitative estimate of drug-likeness (QED) is 0.878. The number of carbonyl (C=O) groups is 1. The molecule has 1 saturated heterocycles. The van der Waals surface area contributed by atoms with Crippen molar-refractivity contribution in [2.45, 2.75) is 37.6 Å². The van der Waals surface area contributed by atoms with Crippen LogP contribution in [-0.2, 0) is 0 Å². The van der Waals surface area contributed by atoms with Gasteiger partial charge >= 0.3 is 6.03 Å². The fourth-order valence-corrected chi connectivity index (χ4v) is 2.84. The van der Waals surface area contributed by atoms with Gasteiger partial charge in [0.15, 0.2) is 0 Å². The summed E-state index contributed by atoms with van der Waals surface area (Å²) in [5.41, 5.74) is 1.20. The van der Waals surface area contributed by atoms with Crippen molar-refractivity contribution in [3.63, 3.8) is 0 Å². The predicted octanol–water partition coefficient (Wildman–Crippen LogP) is 2.42. The van der Waals surface area contributed by atoms with Crippen molar-refractivity contribution in [3.8, 4) is 0 Å². The predicted molar refractivity (Wildman–Crippen MR) is 79.2 cm³/mol. The number of pyridine rings is 1. The number of hydrogen-bond acceptors (Lipinski definition) is 3. The molecular weight excluding hydrogens is 290 g/mol. The smallest absolute Gasteiger partial charge is 0.320 e. The van der Waals surface area contributed by atoms with E-state index in [9.17, 15) is 13.6 Å². The normalized spacial score (nSPS) is 22.0. The Labute approximate surface area is 128 Å². The molecule has 1 atom stereocenters. The fraction of sp³-hybridized carbons (Fsp3) is 0.600. The van der Waals surface area contributed by atoms with E-state index < -0.39 is 6.43 Å². The molecular formula is C15H20F2N4O. The number of urea groups is 1. The topological polar surface area (TPSA) is 57.3 Å². The Kier molecular flexibility index (Phi) is 4.52. The van der Waals surface area contributed by atoms with E-state index in [0.29, 0.717) is 31.2 Å². The molecule has 2 aliphatic rings. The maximum atomic E-state index is 12.3. The Balaban J connectivity index is 1.47. The Morgan fingerprint density at radius 2 is 2.23 bits per heavy atom. The zero-order valence-corrected chi connectivity index (χ0v) is 12.3. The minimum Gasteiger partial charge on any atom is -0.334 e. The van der Waals surface area contributed by atoms with Crippen molar-refractivity contribution in [1.29, 1.82) is 0 Å². The second kappa shape index (κ2) is 6.56. The van der Waals surface area contributed by atoms with Gasteiger partial charge in [-0.1, -0.05) is 0 Å². The fourth-order valence-electron chi connectivity index (χ4n) is 2.84. The third kappa shape index (κ3) is 4.13. The van der Waals surface area contributed by atoms with Crippen molar-refractivity contribution in [2.24, 2.45) is 0 Å². The molecule has 2 amide bonds. The van der Waals surface area contributed by atoms with Crippen LogP contribution in [0.4, 0.5) is 19.4 Å². The van der Waals surface area contributed by atoms with Gasteiger partial charge in [0.1, 0.15) is 5.82 Å². The highest BCUT2D eigenvalue weighted by molar-refractivity contribution is 5.88. The number of carbonyl (C=O) groups excluding carboxylic acids is 1. The molecule has 0 radical (unpaired) electrons. The SMILES string of the molecule is O=C(Nc1cc(C2CC2)ccn1)NC1CCN(CC(F)F)C1. The lowest BCUT2D eigenvalue weighted by Gasteiger charge is -2.16. The summed E-state index contributed by atoms with van der Waals surface area (Å²) < 4.78 is 24.6. The molecule has 0 bridgehead atoms. The third-order valence-electron chi connectivity index (χ3n) is 4.08. The first-order chi connectivity index (χ1) is 10.6. The van der Waals surface area contributed by atoms with Crippen LogP contribution < -0.4 is 10.6 Å². The summed E-state index contributed by atoms with van der Waals surface area (Å²) in [6.45, 7) is 0.822. The maximum Gasteiger partial charge on any atom is 0.320 e. The number of alkyl halides is 2. The average Bonchev–Trinajstić information content (AvgIpc) is 3.22. The van der Waals surface area contributed by atoms with Crippen LogP contribution in [0.3, 0.4) is 0 Å². The number of rotatable bonds is 5. The zero-order valence-electron chi connectivity index (χ0n) is 12.3. The molecule has 7 heteroatoms. The molecule has 1 aromatic heterocycles. The lowest BCUT2D eigenvalue weighted by atomic mass is 10.2. The monoisotopic (exact) mass is 310 g/mol. The summed E-state index contributed by atoms with van der Waals surface area (Å²) >= 11 is 0. The van der Waals surface area contributed by atoms with Crippen molar-refractivity contribution in [2.75, 3.05) is 25.0 Å². The Morgan fingerprint density at radius 3 is 2.95 bits per heavy atom. The molecule has 3 rings (SSSR count). The number of likely N-dealkylation sites (tertiary alicyclic amines) is 1. The molecule has 0 aromatic carbocycles. The van der Waals surface area contributed by atoms with E-state index in [0.717, 1.165) is 0 Å². The van der Waals surface area contributed by atoms with E-state index in [1.807, 2.05) is 12.1 Å². The van der Waals surface area contributed by atoms with Gasteiger partial charge in [0.25, 0.3) is 6.43 Å². The van der Waals surface area contributed by atoms with Gasteiger partial charge < -0.3 is 5.32 Å². The van der Waals surface area contributed by atoms with Crippen LogP contribution in [0.5, 0.6) is 0 Å². The molecule has 0 spiro atoms. The molecule has 1 saturated carbocycles. The number of amides is 2. The molecule has 22 heavy (non-hydrogen) atoms. The van der Waals surface area contributed by atoms with Gasteiger partial charge in [-0.3, -0.25) is 10.2 Å². The summed E-state index contributed by atoms with van der Waals surface area (Å²) in [4.78, 5) is 17.8.